The van der Waals surface area contributed by atoms with Crippen molar-refractivity contribution >= 4 is 11.0 Å². The lowest BCUT2D eigenvalue weighted by Gasteiger charge is -2.08. The van der Waals surface area contributed by atoms with Crippen molar-refractivity contribution in [2.24, 2.45) is 0 Å². The van der Waals surface area contributed by atoms with Crippen LogP contribution in [0.1, 0.15) is 0 Å². The van der Waals surface area contributed by atoms with E-state index in [2.05, 4.69) is 0 Å². The van der Waals surface area contributed by atoms with Gasteiger partial charge in [-0.05, 0) is 18.2 Å². The van der Waals surface area contributed by atoms with Crippen molar-refractivity contribution in [2.75, 3.05) is 0 Å². The van der Waals surface area contributed by atoms with Crippen molar-refractivity contribution in [1.29, 1.82) is 0 Å². The first-order valence-electron chi connectivity index (χ1n) is 6.12. The van der Waals surface area contributed by atoms with E-state index in [9.17, 15) is 30.3 Å². The molecule has 0 aliphatic carbocycles. The van der Waals surface area contributed by atoms with Crippen LogP contribution in [0.15, 0.2) is 39.5 Å². The third kappa shape index (κ3) is 1.96. The second-order valence-corrected chi connectivity index (χ2v) is 4.65. The molecule has 0 atom stereocenters. The predicted octanol–water partition coefficient (Wildman–Crippen LogP) is 1.99. The molecule has 0 radical (unpaired) electrons. The SMILES string of the molecule is O=[13c]1[13c](O)[13c](-[13c]2[13cH][13cH][13c](O)[13c](O)[13cH]2)o[13c]2[13cH][13c](O)[13cH][13c](O)[13c]12. The van der Waals surface area contributed by atoms with Gasteiger partial charge in [0, 0.05) is 17.7 Å². The maximum atomic E-state index is 12.1. The Morgan fingerprint density at radius 3 is 2.23 bits per heavy atom. The number of benzene rings is 2. The number of aromatic hydroxyl groups is 5. The highest BCUT2D eigenvalue weighted by molar-refractivity contribution is 5.88. The van der Waals surface area contributed by atoms with Gasteiger partial charge >= 0.3 is 0 Å². The Morgan fingerprint density at radius 2 is 1.55 bits per heavy atom. The second kappa shape index (κ2) is 4.59. The Morgan fingerprint density at radius 1 is 0.818 bits per heavy atom. The topological polar surface area (TPSA) is 131 Å². The number of phenols is 4. The van der Waals surface area contributed by atoms with Crippen LogP contribution in [0.25, 0.3) is 22.3 Å². The summed E-state index contributed by atoms with van der Waals surface area (Å²) in [5.74, 6) is -2.71. The highest BCUT2D eigenvalue weighted by Gasteiger charge is 2.19. The first-order chi connectivity index (χ1) is 10.4. The maximum Gasteiger partial charge on any atom is 0.238 e. The zero-order valence-electron chi connectivity index (χ0n) is 10.9. The third-order valence-electron chi connectivity index (χ3n) is 3.17. The number of phenolic OH excluding ortho intramolecular Hbond substituents is 4. The maximum absolute atomic E-state index is 12.1. The van der Waals surface area contributed by atoms with Crippen LogP contribution >= 0.6 is 0 Å². The summed E-state index contributed by atoms with van der Waals surface area (Å²) in [5, 5.41) is 47.6. The highest BCUT2D eigenvalue weighted by atomic mass is 16.5. The molecule has 0 amide bonds. The molecule has 112 valence electrons. The highest BCUT2D eigenvalue weighted by Crippen LogP contribution is 2.37. The Balaban J connectivity index is 2.38. The third-order valence-corrected chi connectivity index (χ3v) is 3.17. The fourth-order valence-corrected chi connectivity index (χ4v) is 2.14. The minimum Gasteiger partial charge on any atom is -0.508 e. The van der Waals surface area contributed by atoms with Gasteiger partial charge in [0.2, 0.25) is 11.2 Å². The number of fused-ring (bicyclic) bond motifs is 1. The second-order valence-electron chi connectivity index (χ2n) is 4.65. The molecule has 7 nitrogen and oxygen atoms in total. The van der Waals surface area contributed by atoms with Gasteiger partial charge < -0.3 is 29.9 Å². The summed E-state index contributed by atoms with van der Waals surface area (Å²) in [6.45, 7) is 0. The fraction of sp³-hybridized carbons (Fsp3) is 0. The van der Waals surface area contributed by atoms with E-state index in [-0.39, 0.29) is 33.8 Å². The molecular weight excluding hydrogens is 307 g/mol. The van der Waals surface area contributed by atoms with E-state index < -0.39 is 22.7 Å². The molecule has 5 N–H and O–H groups in total. The van der Waals surface area contributed by atoms with Crippen LogP contribution in [-0.4, -0.2) is 25.5 Å². The molecular formula is C15H10O7. The lowest BCUT2D eigenvalue weighted by atomic mass is 11.1. The molecule has 0 unspecified atom stereocenters. The standard InChI is InChI=1S/C15H10O7/c16-7-4-10(19)12-11(5-7)22-15(14(21)13(12)20)6-1-2-8(17)9(18)3-6/h1-5,16-19,21H/i1+1,2+1,3+1,4+1,5+1,6+1,7+1,8+1,9+1,10+1,11+1,12+1,13+1,14+1,15+1. The Hall–Kier alpha value is -3.35. The van der Waals surface area contributed by atoms with Gasteiger partial charge in [-0.25, -0.2) is 0 Å². The lowest BCUT2D eigenvalue weighted by Crippen LogP contribution is -2.02. The zero-order valence-corrected chi connectivity index (χ0v) is 10.9. The van der Waals surface area contributed by atoms with Crippen molar-refractivity contribution in [2.45, 2.75) is 0 Å². The van der Waals surface area contributed by atoms with E-state index in [0.29, 0.717) is 0 Å². The molecule has 1 heterocycles. The van der Waals surface area contributed by atoms with E-state index in [0.717, 1.165) is 24.3 Å². The van der Waals surface area contributed by atoms with E-state index in [4.69, 9.17) is 4.42 Å². The Labute approximate surface area is 122 Å². The van der Waals surface area contributed by atoms with Gasteiger partial charge in [0.05, 0.1) is 0 Å². The van der Waals surface area contributed by atoms with E-state index in [1.807, 2.05) is 0 Å². The summed E-state index contributed by atoms with van der Waals surface area (Å²) in [4.78, 5) is 12.1. The van der Waals surface area contributed by atoms with Crippen molar-refractivity contribution in [3.05, 3.63) is 40.6 Å². The molecule has 0 saturated carbocycles. The van der Waals surface area contributed by atoms with Gasteiger partial charge in [0.25, 0.3) is 0 Å². The summed E-state index contributed by atoms with van der Waals surface area (Å²) in [6, 6.07) is 5.64. The normalized spacial score (nSPS) is 10.9. The van der Waals surface area contributed by atoms with Gasteiger partial charge in [-0.3, -0.25) is 4.79 Å². The van der Waals surface area contributed by atoms with Crippen LogP contribution in [0, 0.1) is 0 Å². The van der Waals surface area contributed by atoms with Crippen LogP contribution in [-0.2, 0) is 0 Å². The monoisotopic (exact) mass is 317 g/mol. The van der Waals surface area contributed by atoms with E-state index in [1.165, 1.54) is 6.07 Å². The van der Waals surface area contributed by atoms with Crippen LogP contribution in [0.5, 0.6) is 28.7 Å². The van der Waals surface area contributed by atoms with Crippen molar-refractivity contribution in [3.8, 4) is 40.1 Å². The van der Waals surface area contributed by atoms with Crippen LogP contribution in [0.3, 0.4) is 0 Å². The number of hydrogen-bond acceptors (Lipinski definition) is 7. The first kappa shape index (κ1) is 13.6. The molecule has 2 aromatic carbocycles. The molecule has 0 saturated heterocycles. The fourth-order valence-electron chi connectivity index (χ4n) is 2.14. The van der Waals surface area contributed by atoms with Gasteiger partial charge in [0.1, 0.15) is 22.5 Å². The summed E-state index contributed by atoms with van der Waals surface area (Å²) in [7, 11) is 0. The molecule has 0 fully saturated rings. The van der Waals surface area contributed by atoms with Crippen LogP contribution < -0.4 is 5.43 Å². The average Bonchev–Trinajstić information content (AvgIpc) is 2.45. The number of hydrogen-bond donors (Lipinski definition) is 5. The molecule has 0 aliphatic rings. The smallest absolute Gasteiger partial charge is 0.238 e. The van der Waals surface area contributed by atoms with E-state index in [1.54, 1.807) is 0 Å². The minimum absolute atomic E-state index is 0.134. The lowest BCUT2D eigenvalue weighted by molar-refractivity contribution is 0.403. The van der Waals surface area contributed by atoms with Crippen molar-refractivity contribution in [1.82, 2.24) is 0 Å². The summed E-state index contributed by atoms with van der Waals surface area (Å²) < 4.78 is 5.35. The first-order valence-corrected chi connectivity index (χ1v) is 6.12. The molecule has 3 aromatic rings. The minimum atomic E-state index is -0.888. The predicted molar refractivity (Wildman–Crippen MR) is 76.2 cm³/mol. The zero-order chi connectivity index (χ0) is 16.0. The largest absolute Gasteiger partial charge is 0.508 e. The molecule has 7 heteroatoms. The molecule has 3 rings (SSSR count). The molecule has 0 aliphatic heterocycles. The van der Waals surface area contributed by atoms with E-state index >= 15 is 0 Å². The summed E-state index contributed by atoms with van der Waals surface area (Å²) in [5.41, 5.74) is -0.890. The van der Waals surface area contributed by atoms with Gasteiger partial charge in [0.15, 0.2) is 17.3 Å². The van der Waals surface area contributed by atoms with Crippen LogP contribution in [0.4, 0.5) is 0 Å². The number of rotatable bonds is 1. The van der Waals surface area contributed by atoms with Crippen molar-refractivity contribution < 1.29 is 29.9 Å². The van der Waals surface area contributed by atoms with Gasteiger partial charge in [-0.15, -0.1) is 0 Å². The van der Waals surface area contributed by atoms with Crippen molar-refractivity contribution in [3.63, 3.8) is 0 Å². The average molecular weight is 317 g/mol. The molecule has 0 bridgehead atoms. The quantitative estimate of drug-likeness (QED) is 0.434. The van der Waals surface area contributed by atoms with Gasteiger partial charge in [-0.1, -0.05) is 0 Å². The molecule has 22 heavy (non-hydrogen) atoms. The molecule has 1 aromatic heterocycles. The Kier molecular flexibility index (Phi) is 2.84. The summed E-state index contributed by atoms with van der Waals surface area (Å²) >= 11 is 0. The summed E-state index contributed by atoms with van der Waals surface area (Å²) in [6.07, 6.45) is 0. The Bertz CT molecular complexity index is 956. The van der Waals surface area contributed by atoms with Gasteiger partial charge in [-0.2, -0.15) is 0 Å². The molecule has 0 spiro atoms. The van der Waals surface area contributed by atoms with Crippen LogP contribution in [0.2, 0.25) is 0 Å².